The molecule has 1 fully saturated rings. The first-order chi connectivity index (χ1) is 12.9. The molecule has 0 saturated carbocycles. The Morgan fingerprint density at radius 3 is 2.63 bits per heavy atom. The Labute approximate surface area is 164 Å². The number of methoxy groups -OCH3 is 1. The van der Waals surface area contributed by atoms with Gasteiger partial charge >= 0.3 is 0 Å². The fourth-order valence-corrected chi connectivity index (χ4v) is 4.97. The zero-order valence-corrected chi connectivity index (χ0v) is 16.5. The number of ether oxygens (including phenoxy) is 1. The van der Waals surface area contributed by atoms with Gasteiger partial charge in [0.2, 0.25) is 15.9 Å². The van der Waals surface area contributed by atoms with E-state index >= 15 is 0 Å². The first-order valence-electron chi connectivity index (χ1n) is 8.61. The lowest BCUT2D eigenvalue weighted by atomic mass is 9.99. The third-order valence-electron chi connectivity index (χ3n) is 4.56. The summed E-state index contributed by atoms with van der Waals surface area (Å²) in [6.07, 6.45) is 1.27. The summed E-state index contributed by atoms with van der Waals surface area (Å²) >= 11 is 6.07. The third kappa shape index (κ3) is 4.43. The van der Waals surface area contributed by atoms with Crippen molar-refractivity contribution >= 4 is 33.2 Å². The number of halogens is 1. The van der Waals surface area contributed by atoms with E-state index in [9.17, 15) is 13.2 Å². The highest BCUT2D eigenvalue weighted by Gasteiger charge is 2.33. The van der Waals surface area contributed by atoms with Crippen LogP contribution in [-0.2, 0) is 14.8 Å². The Hall–Kier alpha value is -2.09. The SMILES string of the molecule is COc1ccc(S(=O)(=O)N2CCC[C@H](C(=O)Nc3ccccc3)C2)cc1Cl. The number of nitrogens with zero attached hydrogens (tertiary/aromatic N) is 1. The Kier molecular flexibility index (Phi) is 6.04. The second-order valence-electron chi connectivity index (χ2n) is 6.35. The third-order valence-corrected chi connectivity index (χ3v) is 6.71. The van der Waals surface area contributed by atoms with Crippen LogP contribution in [0.5, 0.6) is 5.75 Å². The number of piperidine rings is 1. The molecule has 2 aromatic rings. The topological polar surface area (TPSA) is 75.7 Å². The van der Waals surface area contributed by atoms with Crippen molar-refractivity contribution in [1.29, 1.82) is 0 Å². The second-order valence-corrected chi connectivity index (χ2v) is 8.70. The molecule has 8 heteroatoms. The van der Waals surface area contributed by atoms with Gasteiger partial charge in [-0.2, -0.15) is 4.31 Å². The molecule has 0 aromatic heterocycles. The van der Waals surface area contributed by atoms with E-state index in [-0.39, 0.29) is 22.4 Å². The summed E-state index contributed by atoms with van der Waals surface area (Å²) in [7, 11) is -2.27. The van der Waals surface area contributed by atoms with Crippen LogP contribution in [0.3, 0.4) is 0 Å². The minimum Gasteiger partial charge on any atom is -0.495 e. The summed E-state index contributed by atoms with van der Waals surface area (Å²) in [6, 6.07) is 13.5. The normalized spacial score (nSPS) is 18.1. The molecule has 1 atom stereocenters. The van der Waals surface area contributed by atoms with Gasteiger partial charge in [0, 0.05) is 18.8 Å². The van der Waals surface area contributed by atoms with Crippen molar-refractivity contribution in [1.82, 2.24) is 4.31 Å². The van der Waals surface area contributed by atoms with Crippen molar-refractivity contribution in [2.75, 3.05) is 25.5 Å². The monoisotopic (exact) mass is 408 g/mol. The van der Waals surface area contributed by atoms with E-state index in [1.54, 1.807) is 12.1 Å². The average Bonchev–Trinajstić information content (AvgIpc) is 2.68. The first-order valence-corrected chi connectivity index (χ1v) is 10.4. The molecule has 27 heavy (non-hydrogen) atoms. The maximum Gasteiger partial charge on any atom is 0.243 e. The van der Waals surface area contributed by atoms with Gasteiger partial charge in [0.1, 0.15) is 5.75 Å². The standard InChI is InChI=1S/C19H21ClN2O4S/c1-26-18-10-9-16(12-17(18)20)27(24,25)22-11-5-6-14(13-22)19(23)21-15-7-3-2-4-8-15/h2-4,7-10,12,14H,5-6,11,13H2,1H3,(H,21,23)/t14-/m0/s1. The predicted molar refractivity (Wildman–Crippen MR) is 105 cm³/mol. The molecule has 144 valence electrons. The highest BCUT2D eigenvalue weighted by molar-refractivity contribution is 7.89. The van der Waals surface area contributed by atoms with Crippen molar-refractivity contribution in [3.8, 4) is 5.75 Å². The molecule has 0 radical (unpaired) electrons. The van der Waals surface area contributed by atoms with E-state index in [0.717, 1.165) is 0 Å². The molecule has 0 spiro atoms. The zero-order chi connectivity index (χ0) is 19.4. The smallest absolute Gasteiger partial charge is 0.243 e. The number of anilines is 1. The lowest BCUT2D eigenvalue weighted by molar-refractivity contribution is -0.120. The molecular weight excluding hydrogens is 388 g/mol. The van der Waals surface area contributed by atoms with E-state index in [4.69, 9.17) is 16.3 Å². The Morgan fingerprint density at radius 2 is 1.96 bits per heavy atom. The molecule has 6 nitrogen and oxygen atoms in total. The van der Waals surface area contributed by atoms with Gasteiger partial charge in [0.25, 0.3) is 0 Å². The largest absolute Gasteiger partial charge is 0.495 e. The molecule has 0 bridgehead atoms. The van der Waals surface area contributed by atoms with E-state index < -0.39 is 15.9 Å². The summed E-state index contributed by atoms with van der Waals surface area (Å²) < 4.78 is 32.3. The summed E-state index contributed by atoms with van der Waals surface area (Å²) in [6.45, 7) is 0.520. The van der Waals surface area contributed by atoms with Gasteiger partial charge < -0.3 is 10.1 Å². The van der Waals surface area contributed by atoms with Crippen LogP contribution < -0.4 is 10.1 Å². The van der Waals surface area contributed by atoms with Gasteiger partial charge in [0.15, 0.2) is 0 Å². The fraction of sp³-hybridized carbons (Fsp3) is 0.316. The number of carbonyl (C=O) groups excluding carboxylic acids is 1. The fourth-order valence-electron chi connectivity index (χ4n) is 3.10. The van der Waals surface area contributed by atoms with Gasteiger partial charge in [-0.1, -0.05) is 29.8 Å². The van der Waals surface area contributed by atoms with E-state index in [1.165, 1.54) is 29.6 Å². The predicted octanol–water partition coefficient (Wildman–Crippen LogP) is 3.39. The van der Waals surface area contributed by atoms with Gasteiger partial charge in [-0.15, -0.1) is 0 Å². The van der Waals surface area contributed by atoms with Crippen LogP contribution in [-0.4, -0.2) is 38.8 Å². The molecule has 3 rings (SSSR count). The number of amides is 1. The molecule has 0 unspecified atom stereocenters. The number of hydrogen-bond donors (Lipinski definition) is 1. The quantitative estimate of drug-likeness (QED) is 0.822. The number of rotatable bonds is 5. The number of carbonyl (C=O) groups is 1. The molecule has 2 aromatic carbocycles. The minimum atomic E-state index is -3.74. The van der Waals surface area contributed by atoms with Crippen molar-refractivity contribution in [2.45, 2.75) is 17.7 Å². The van der Waals surface area contributed by atoms with Crippen molar-refractivity contribution in [3.05, 3.63) is 53.6 Å². The lowest BCUT2D eigenvalue weighted by Crippen LogP contribution is -2.43. The van der Waals surface area contributed by atoms with Crippen LogP contribution in [0.1, 0.15) is 12.8 Å². The number of sulfonamides is 1. The van der Waals surface area contributed by atoms with Crippen LogP contribution >= 0.6 is 11.6 Å². The molecule has 1 aliphatic heterocycles. The van der Waals surface area contributed by atoms with Crippen LogP contribution in [0.4, 0.5) is 5.69 Å². The molecule has 1 saturated heterocycles. The van der Waals surface area contributed by atoms with Gasteiger partial charge in [-0.3, -0.25) is 4.79 Å². The Morgan fingerprint density at radius 1 is 1.22 bits per heavy atom. The van der Waals surface area contributed by atoms with E-state index in [0.29, 0.717) is 30.8 Å². The first kappa shape index (κ1) is 19.7. The zero-order valence-electron chi connectivity index (χ0n) is 14.9. The van der Waals surface area contributed by atoms with Crippen LogP contribution in [0, 0.1) is 5.92 Å². The summed E-state index contributed by atoms with van der Waals surface area (Å²) in [5.74, 6) is -0.161. The number of hydrogen-bond acceptors (Lipinski definition) is 4. The van der Waals surface area contributed by atoms with Crippen molar-refractivity contribution < 1.29 is 17.9 Å². The van der Waals surface area contributed by atoms with Crippen LogP contribution in [0.25, 0.3) is 0 Å². The maximum atomic E-state index is 13.0. The molecule has 1 heterocycles. The molecule has 1 N–H and O–H groups in total. The van der Waals surface area contributed by atoms with Gasteiger partial charge in [-0.05, 0) is 43.2 Å². The van der Waals surface area contributed by atoms with Crippen molar-refractivity contribution in [3.63, 3.8) is 0 Å². The summed E-state index contributed by atoms with van der Waals surface area (Å²) in [4.78, 5) is 12.6. The maximum absolute atomic E-state index is 13.0. The van der Waals surface area contributed by atoms with Crippen molar-refractivity contribution in [2.24, 2.45) is 5.92 Å². The highest BCUT2D eigenvalue weighted by atomic mass is 35.5. The highest BCUT2D eigenvalue weighted by Crippen LogP contribution is 2.30. The second kappa shape index (κ2) is 8.29. The van der Waals surface area contributed by atoms with Gasteiger partial charge in [-0.25, -0.2) is 8.42 Å². The lowest BCUT2D eigenvalue weighted by Gasteiger charge is -2.31. The Balaban J connectivity index is 1.75. The summed E-state index contributed by atoms with van der Waals surface area (Å²) in [5, 5.41) is 3.08. The summed E-state index contributed by atoms with van der Waals surface area (Å²) in [5.41, 5.74) is 0.699. The number of para-hydroxylation sites is 1. The average molecular weight is 409 g/mol. The number of benzene rings is 2. The van der Waals surface area contributed by atoms with E-state index in [2.05, 4.69) is 5.32 Å². The van der Waals surface area contributed by atoms with Gasteiger partial charge in [0.05, 0.1) is 22.9 Å². The molecule has 0 aliphatic carbocycles. The number of nitrogens with one attached hydrogen (secondary N) is 1. The molecular formula is C19H21ClN2O4S. The van der Waals surface area contributed by atoms with E-state index in [1.807, 2.05) is 18.2 Å². The molecule has 1 aliphatic rings. The van der Waals surface area contributed by atoms with Crippen LogP contribution in [0.15, 0.2) is 53.4 Å². The Bertz CT molecular complexity index is 919. The molecule has 1 amide bonds. The van der Waals surface area contributed by atoms with Crippen LogP contribution in [0.2, 0.25) is 5.02 Å². The minimum absolute atomic E-state index is 0.0948.